The summed E-state index contributed by atoms with van der Waals surface area (Å²) < 4.78 is 25.3. The number of alkyl halides is 2. The van der Waals surface area contributed by atoms with E-state index in [1.54, 1.807) is 22.6 Å². The zero-order chi connectivity index (χ0) is 10.0. The van der Waals surface area contributed by atoms with Gasteiger partial charge in [-0.3, -0.25) is 0 Å². The van der Waals surface area contributed by atoms with Crippen molar-refractivity contribution in [3.05, 3.63) is 20.9 Å². The van der Waals surface area contributed by atoms with Crippen LogP contribution in [0.5, 0.6) is 0 Å². The summed E-state index contributed by atoms with van der Waals surface area (Å²) in [5.41, 5.74) is 11.0. The molecule has 13 heavy (non-hydrogen) atoms. The third kappa shape index (κ3) is 2.05. The van der Waals surface area contributed by atoms with Gasteiger partial charge in [0, 0.05) is 16.3 Å². The average Bonchev–Trinajstić information content (AvgIpc) is 2.04. The number of hydrogen-bond donors (Lipinski definition) is 2. The first-order valence-corrected chi connectivity index (χ1v) is 4.56. The van der Waals surface area contributed by atoms with Crippen molar-refractivity contribution in [1.82, 2.24) is 4.98 Å². The molecule has 0 spiro atoms. The van der Waals surface area contributed by atoms with E-state index in [9.17, 15) is 8.78 Å². The summed E-state index contributed by atoms with van der Waals surface area (Å²) >= 11 is 1.80. The number of nitrogen functional groups attached to an aromatic ring is 1. The molecule has 0 radical (unpaired) electrons. The van der Waals surface area contributed by atoms with E-state index in [1.165, 1.54) is 6.20 Å². The molecule has 0 aliphatic rings. The van der Waals surface area contributed by atoms with Gasteiger partial charge in [-0.25, -0.2) is 13.8 Å². The summed E-state index contributed by atoms with van der Waals surface area (Å²) in [6.45, 7) is 0.186. The molecule has 0 unspecified atom stereocenters. The molecule has 0 amide bonds. The molecule has 0 aliphatic carbocycles. The molecule has 0 fully saturated rings. The van der Waals surface area contributed by atoms with Crippen molar-refractivity contribution < 1.29 is 8.78 Å². The smallest absolute Gasteiger partial charge is 0.268 e. The van der Waals surface area contributed by atoms with Gasteiger partial charge in [0.15, 0.2) is 0 Å². The molecule has 1 heterocycles. The highest BCUT2D eigenvalue weighted by Gasteiger charge is 2.18. The minimum Gasteiger partial charge on any atom is -0.383 e. The fourth-order valence-electron chi connectivity index (χ4n) is 0.909. The van der Waals surface area contributed by atoms with E-state index in [1.807, 2.05) is 0 Å². The van der Waals surface area contributed by atoms with Gasteiger partial charge in [0.2, 0.25) is 0 Å². The fraction of sp³-hybridized carbons (Fsp3) is 0.286. The van der Waals surface area contributed by atoms with Crippen LogP contribution in [0.25, 0.3) is 0 Å². The lowest BCUT2D eigenvalue weighted by atomic mass is 10.2. The second kappa shape index (κ2) is 4.14. The largest absolute Gasteiger partial charge is 0.383 e. The van der Waals surface area contributed by atoms with Gasteiger partial charge in [0.1, 0.15) is 5.82 Å². The Balaban J connectivity index is 3.30. The molecule has 72 valence electrons. The summed E-state index contributed by atoms with van der Waals surface area (Å²) in [5, 5.41) is 0. The van der Waals surface area contributed by atoms with Gasteiger partial charge in [-0.05, 0) is 28.2 Å². The topological polar surface area (TPSA) is 64.9 Å². The van der Waals surface area contributed by atoms with Crippen LogP contribution in [-0.2, 0) is 6.54 Å². The summed E-state index contributed by atoms with van der Waals surface area (Å²) in [7, 11) is 0. The Bertz CT molecular complexity index is 317. The van der Waals surface area contributed by atoms with Crippen molar-refractivity contribution in [2.24, 2.45) is 5.73 Å². The Kier molecular flexibility index (Phi) is 3.37. The van der Waals surface area contributed by atoms with Crippen LogP contribution >= 0.6 is 22.6 Å². The van der Waals surface area contributed by atoms with Crippen LogP contribution < -0.4 is 11.5 Å². The maximum Gasteiger partial charge on any atom is 0.268 e. The van der Waals surface area contributed by atoms with E-state index in [4.69, 9.17) is 11.5 Å². The molecule has 4 N–H and O–H groups in total. The minimum atomic E-state index is -2.61. The highest BCUT2D eigenvalue weighted by atomic mass is 127. The third-order valence-corrected chi connectivity index (χ3v) is 2.87. The van der Waals surface area contributed by atoms with E-state index in [-0.39, 0.29) is 17.9 Å². The Morgan fingerprint density at radius 3 is 2.62 bits per heavy atom. The molecular weight excluding hydrogens is 291 g/mol. The van der Waals surface area contributed by atoms with Gasteiger partial charge >= 0.3 is 0 Å². The normalized spacial score (nSPS) is 10.8. The van der Waals surface area contributed by atoms with Gasteiger partial charge in [0.05, 0.1) is 5.56 Å². The second-order valence-electron chi connectivity index (χ2n) is 2.40. The number of aromatic nitrogens is 1. The minimum absolute atomic E-state index is 0.128. The Labute approximate surface area is 87.7 Å². The first-order valence-electron chi connectivity index (χ1n) is 3.49. The van der Waals surface area contributed by atoms with Crippen LogP contribution in [0, 0.1) is 3.57 Å². The SMILES string of the molecule is NCc1cnc(N)c(C(F)F)c1I. The number of nitrogens with zero attached hydrogens (tertiary/aromatic N) is 1. The van der Waals surface area contributed by atoms with Crippen LogP contribution in [0.3, 0.4) is 0 Å². The Hall–Kier alpha value is -0.500. The van der Waals surface area contributed by atoms with Crippen molar-refractivity contribution in [3.8, 4) is 0 Å². The second-order valence-corrected chi connectivity index (χ2v) is 3.48. The van der Waals surface area contributed by atoms with Gasteiger partial charge in [0.25, 0.3) is 6.43 Å². The van der Waals surface area contributed by atoms with E-state index in [2.05, 4.69) is 4.98 Å². The standard InChI is InChI=1S/C7H8F2IN3/c8-6(9)4-5(10)3(1-11)2-13-7(4)12/h2,6H,1,11H2,(H2,12,13). The molecule has 0 aliphatic heterocycles. The van der Waals surface area contributed by atoms with Gasteiger partial charge in [-0.15, -0.1) is 0 Å². The van der Waals surface area contributed by atoms with Gasteiger partial charge in [-0.1, -0.05) is 0 Å². The van der Waals surface area contributed by atoms with Crippen LogP contribution in [0.2, 0.25) is 0 Å². The van der Waals surface area contributed by atoms with E-state index in [0.717, 1.165) is 0 Å². The summed E-state index contributed by atoms with van der Waals surface area (Å²) in [4.78, 5) is 3.64. The van der Waals surface area contributed by atoms with Crippen LogP contribution in [0.15, 0.2) is 6.20 Å². The molecular formula is C7H8F2IN3. The van der Waals surface area contributed by atoms with Crippen molar-refractivity contribution in [2.45, 2.75) is 13.0 Å². The van der Waals surface area contributed by atoms with Gasteiger partial charge in [-0.2, -0.15) is 0 Å². The molecule has 0 atom stereocenters. The summed E-state index contributed by atoms with van der Waals surface area (Å²) in [6.07, 6.45) is -1.19. The molecule has 0 aromatic carbocycles. The van der Waals surface area contributed by atoms with Crippen molar-refractivity contribution in [1.29, 1.82) is 0 Å². The van der Waals surface area contributed by atoms with Crippen LogP contribution in [-0.4, -0.2) is 4.98 Å². The van der Waals surface area contributed by atoms with Crippen molar-refractivity contribution in [2.75, 3.05) is 5.73 Å². The quantitative estimate of drug-likeness (QED) is 0.816. The van der Waals surface area contributed by atoms with E-state index in [0.29, 0.717) is 9.13 Å². The zero-order valence-electron chi connectivity index (χ0n) is 6.60. The lowest BCUT2D eigenvalue weighted by molar-refractivity contribution is 0.151. The molecule has 0 saturated heterocycles. The average molecular weight is 299 g/mol. The third-order valence-electron chi connectivity index (χ3n) is 1.59. The number of halogens is 3. The molecule has 0 saturated carbocycles. The maximum absolute atomic E-state index is 12.4. The first kappa shape index (κ1) is 10.6. The van der Waals surface area contributed by atoms with Crippen LogP contribution in [0.1, 0.15) is 17.6 Å². The lowest BCUT2D eigenvalue weighted by Crippen LogP contribution is -2.07. The van der Waals surface area contributed by atoms with Crippen LogP contribution in [0.4, 0.5) is 14.6 Å². The Morgan fingerprint density at radius 1 is 1.54 bits per heavy atom. The van der Waals surface area contributed by atoms with Crippen molar-refractivity contribution >= 4 is 28.4 Å². The first-order chi connectivity index (χ1) is 6.07. The van der Waals surface area contributed by atoms with Gasteiger partial charge < -0.3 is 11.5 Å². The Morgan fingerprint density at radius 2 is 2.15 bits per heavy atom. The number of anilines is 1. The molecule has 0 bridgehead atoms. The van der Waals surface area contributed by atoms with Crippen molar-refractivity contribution in [3.63, 3.8) is 0 Å². The molecule has 1 aromatic rings. The number of pyridine rings is 1. The lowest BCUT2D eigenvalue weighted by Gasteiger charge is -2.09. The maximum atomic E-state index is 12.4. The van der Waals surface area contributed by atoms with E-state index >= 15 is 0 Å². The molecule has 3 nitrogen and oxygen atoms in total. The predicted octanol–water partition coefficient (Wildman–Crippen LogP) is 1.66. The summed E-state index contributed by atoms with van der Waals surface area (Å²) in [6, 6.07) is 0. The molecule has 1 aromatic heterocycles. The highest BCUT2D eigenvalue weighted by Crippen LogP contribution is 2.30. The molecule has 6 heteroatoms. The monoisotopic (exact) mass is 299 g/mol. The number of rotatable bonds is 2. The summed E-state index contributed by atoms with van der Waals surface area (Å²) in [5.74, 6) is -0.128. The fourth-order valence-corrected chi connectivity index (χ4v) is 1.78. The van der Waals surface area contributed by atoms with E-state index < -0.39 is 6.43 Å². The number of nitrogens with two attached hydrogens (primary N) is 2. The highest BCUT2D eigenvalue weighted by molar-refractivity contribution is 14.1. The molecule has 1 rings (SSSR count). The zero-order valence-corrected chi connectivity index (χ0v) is 8.76. The predicted molar refractivity (Wildman–Crippen MR) is 54.2 cm³/mol. The number of hydrogen-bond acceptors (Lipinski definition) is 3.